The maximum Gasteiger partial charge on any atom is 0.271 e. The molecule has 6 nitrogen and oxygen atoms in total. The SMILES string of the molecule is O=C1c2ccc([N+](=O)[O-])cc2S(=O)N1c1ccc(Br)cc1. The molecular weight excluding hydrogens is 360 g/mol. The number of anilines is 1. The van der Waals surface area contributed by atoms with E-state index in [0.717, 1.165) is 8.78 Å². The molecule has 1 unspecified atom stereocenters. The van der Waals surface area contributed by atoms with Crippen molar-refractivity contribution in [3.05, 3.63) is 62.6 Å². The summed E-state index contributed by atoms with van der Waals surface area (Å²) in [4.78, 5) is 22.7. The number of nitrogens with zero attached hydrogens (tertiary/aromatic N) is 2. The summed E-state index contributed by atoms with van der Waals surface area (Å²) in [6.07, 6.45) is 0. The van der Waals surface area contributed by atoms with Gasteiger partial charge >= 0.3 is 0 Å². The van der Waals surface area contributed by atoms with Crippen molar-refractivity contribution >= 4 is 44.2 Å². The number of amides is 1. The van der Waals surface area contributed by atoms with E-state index in [0.29, 0.717) is 5.69 Å². The Hall–Kier alpha value is -2.06. The molecule has 106 valence electrons. The van der Waals surface area contributed by atoms with E-state index in [9.17, 15) is 19.1 Å². The molecule has 8 heteroatoms. The summed E-state index contributed by atoms with van der Waals surface area (Å²) in [6.45, 7) is 0. The molecule has 0 saturated carbocycles. The number of hydrogen-bond donors (Lipinski definition) is 0. The highest BCUT2D eigenvalue weighted by molar-refractivity contribution is 9.10. The molecule has 1 aliphatic rings. The lowest BCUT2D eigenvalue weighted by atomic mass is 10.2. The average molecular weight is 367 g/mol. The van der Waals surface area contributed by atoms with Crippen molar-refractivity contribution < 1.29 is 13.9 Å². The molecule has 2 aromatic carbocycles. The predicted molar refractivity (Wildman–Crippen MR) is 80.5 cm³/mol. The zero-order chi connectivity index (χ0) is 15.1. The number of nitro groups is 1. The normalized spacial score (nSPS) is 16.9. The van der Waals surface area contributed by atoms with E-state index in [1.165, 1.54) is 18.2 Å². The molecule has 1 atom stereocenters. The Kier molecular flexibility index (Phi) is 3.34. The molecule has 1 amide bonds. The Morgan fingerprint density at radius 3 is 2.43 bits per heavy atom. The van der Waals surface area contributed by atoms with Gasteiger partial charge in [0.2, 0.25) is 0 Å². The van der Waals surface area contributed by atoms with Crippen molar-refractivity contribution in [2.45, 2.75) is 4.90 Å². The zero-order valence-electron chi connectivity index (χ0n) is 10.4. The molecule has 0 spiro atoms. The molecule has 2 aromatic rings. The number of rotatable bonds is 2. The van der Waals surface area contributed by atoms with Crippen LogP contribution in [0.2, 0.25) is 0 Å². The highest BCUT2D eigenvalue weighted by atomic mass is 79.9. The van der Waals surface area contributed by atoms with Gasteiger partial charge in [0.05, 0.1) is 21.1 Å². The van der Waals surface area contributed by atoms with Gasteiger partial charge in [-0.3, -0.25) is 14.9 Å². The van der Waals surface area contributed by atoms with Crippen LogP contribution in [0, 0.1) is 10.1 Å². The molecule has 0 aromatic heterocycles. The number of carbonyl (C=O) groups is 1. The van der Waals surface area contributed by atoms with E-state index in [-0.39, 0.29) is 16.1 Å². The first-order valence-electron chi connectivity index (χ1n) is 5.79. The number of halogens is 1. The fraction of sp³-hybridized carbons (Fsp3) is 0. The van der Waals surface area contributed by atoms with Gasteiger partial charge in [0.1, 0.15) is 0 Å². The second-order valence-corrected chi connectivity index (χ2v) is 6.48. The summed E-state index contributed by atoms with van der Waals surface area (Å²) < 4.78 is 14.4. The van der Waals surface area contributed by atoms with E-state index in [1.54, 1.807) is 24.3 Å². The minimum atomic E-state index is -1.79. The molecule has 0 fully saturated rings. The lowest BCUT2D eigenvalue weighted by molar-refractivity contribution is -0.385. The number of benzene rings is 2. The smallest absolute Gasteiger partial charge is 0.268 e. The topological polar surface area (TPSA) is 80.5 Å². The molecule has 1 aliphatic heterocycles. The van der Waals surface area contributed by atoms with Crippen molar-refractivity contribution in [3.8, 4) is 0 Å². The Labute approximate surface area is 130 Å². The number of hydrogen-bond acceptors (Lipinski definition) is 4. The van der Waals surface area contributed by atoms with Crippen LogP contribution >= 0.6 is 15.9 Å². The van der Waals surface area contributed by atoms with Gasteiger partial charge in [-0.1, -0.05) is 15.9 Å². The maximum atomic E-state index is 12.4. The van der Waals surface area contributed by atoms with Crippen LogP contribution in [0.4, 0.5) is 11.4 Å². The summed E-state index contributed by atoms with van der Waals surface area (Å²) in [5.74, 6) is -0.430. The van der Waals surface area contributed by atoms with Crippen LogP contribution in [0.1, 0.15) is 10.4 Å². The van der Waals surface area contributed by atoms with Crippen LogP contribution in [0.15, 0.2) is 51.8 Å². The Morgan fingerprint density at radius 1 is 1.14 bits per heavy atom. The van der Waals surface area contributed by atoms with E-state index < -0.39 is 21.8 Å². The molecule has 0 bridgehead atoms. The van der Waals surface area contributed by atoms with Gasteiger partial charge in [-0.2, -0.15) is 0 Å². The standard InChI is InChI=1S/C13H7BrN2O4S/c14-8-1-3-9(4-2-8)15-13(17)11-6-5-10(16(18)19)7-12(11)21(15)20/h1-7H. The first-order valence-corrected chi connectivity index (χ1v) is 7.69. The van der Waals surface area contributed by atoms with E-state index in [4.69, 9.17) is 0 Å². The summed E-state index contributed by atoms with van der Waals surface area (Å²) >= 11 is 3.28. The third-order valence-corrected chi connectivity index (χ3v) is 4.96. The van der Waals surface area contributed by atoms with Crippen LogP contribution in [0.25, 0.3) is 0 Å². The van der Waals surface area contributed by atoms with Gasteiger partial charge < -0.3 is 0 Å². The van der Waals surface area contributed by atoms with Crippen LogP contribution in [-0.4, -0.2) is 15.0 Å². The first-order chi connectivity index (χ1) is 9.99. The summed E-state index contributed by atoms with van der Waals surface area (Å²) in [6, 6.07) is 10.5. The van der Waals surface area contributed by atoms with Crippen molar-refractivity contribution in [2.24, 2.45) is 0 Å². The van der Waals surface area contributed by atoms with Crippen molar-refractivity contribution in [3.63, 3.8) is 0 Å². The molecule has 0 saturated heterocycles. The van der Waals surface area contributed by atoms with Gasteiger partial charge in [0.25, 0.3) is 11.6 Å². The second-order valence-electron chi connectivity index (χ2n) is 4.26. The van der Waals surface area contributed by atoms with Crippen LogP contribution in [0.5, 0.6) is 0 Å². The van der Waals surface area contributed by atoms with Crippen molar-refractivity contribution in [1.29, 1.82) is 0 Å². The van der Waals surface area contributed by atoms with Crippen molar-refractivity contribution in [1.82, 2.24) is 0 Å². The van der Waals surface area contributed by atoms with Gasteiger partial charge in [-0.15, -0.1) is 0 Å². The van der Waals surface area contributed by atoms with Crippen LogP contribution in [-0.2, 0) is 11.0 Å². The Morgan fingerprint density at radius 2 is 1.81 bits per heavy atom. The minimum Gasteiger partial charge on any atom is -0.268 e. The minimum absolute atomic E-state index is 0.164. The Balaban J connectivity index is 2.08. The highest BCUT2D eigenvalue weighted by Gasteiger charge is 2.36. The van der Waals surface area contributed by atoms with Crippen LogP contribution < -0.4 is 4.31 Å². The number of fused-ring (bicyclic) bond motifs is 1. The molecule has 0 radical (unpaired) electrons. The number of nitro benzene ring substituents is 1. The van der Waals surface area contributed by atoms with Gasteiger partial charge in [-0.05, 0) is 30.3 Å². The Bertz CT molecular complexity index is 791. The third-order valence-electron chi connectivity index (χ3n) is 3.01. The quantitative estimate of drug-likeness (QED) is 0.604. The first kappa shape index (κ1) is 13.9. The van der Waals surface area contributed by atoms with Crippen molar-refractivity contribution in [2.75, 3.05) is 4.31 Å². The zero-order valence-corrected chi connectivity index (χ0v) is 12.8. The van der Waals surface area contributed by atoms with E-state index in [1.807, 2.05) is 0 Å². The van der Waals surface area contributed by atoms with Gasteiger partial charge in [-0.25, -0.2) is 8.51 Å². The number of non-ortho nitro benzene ring substituents is 1. The lowest BCUT2D eigenvalue weighted by Crippen LogP contribution is -2.25. The monoisotopic (exact) mass is 366 g/mol. The molecule has 21 heavy (non-hydrogen) atoms. The van der Waals surface area contributed by atoms with Gasteiger partial charge in [0, 0.05) is 16.6 Å². The second kappa shape index (κ2) is 5.05. The number of carbonyl (C=O) groups excluding carboxylic acids is 1. The summed E-state index contributed by atoms with van der Waals surface area (Å²) in [5, 5.41) is 10.8. The lowest BCUT2D eigenvalue weighted by Gasteiger charge is -2.13. The highest BCUT2D eigenvalue weighted by Crippen LogP contribution is 2.34. The summed E-state index contributed by atoms with van der Waals surface area (Å²) in [5.41, 5.74) is 0.509. The summed E-state index contributed by atoms with van der Waals surface area (Å²) in [7, 11) is -1.79. The molecular formula is C13H7BrN2O4S. The van der Waals surface area contributed by atoms with Crippen LogP contribution in [0.3, 0.4) is 0 Å². The molecule has 1 heterocycles. The molecule has 3 rings (SSSR count). The molecule has 0 N–H and O–H groups in total. The van der Waals surface area contributed by atoms with E-state index >= 15 is 0 Å². The maximum absolute atomic E-state index is 12.4. The molecule has 0 aliphatic carbocycles. The van der Waals surface area contributed by atoms with Gasteiger partial charge in [0.15, 0.2) is 11.0 Å². The largest absolute Gasteiger partial charge is 0.271 e. The third kappa shape index (κ3) is 2.26. The fourth-order valence-electron chi connectivity index (χ4n) is 2.02. The van der Waals surface area contributed by atoms with E-state index in [2.05, 4.69) is 15.9 Å². The average Bonchev–Trinajstić information content (AvgIpc) is 2.72. The predicted octanol–water partition coefficient (Wildman–Crippen LogP) is 3.04. The fourth-order valence-corrected chi connectivity index (χ4v) is 3.61.